The summed E-state index contributed by atoms with van der Waals surface area (Å²) in [5.74, 6) is 0.878. The maximum absolute atomic E-state index is 13.0. The summed E-state index contributed by atoms with van der Waals surface area (Å²) in [5, 5.41) is 11.4. The predicted molar refractivity (Wildman–Crippen MR) is 118 cm³/mol. The number of methoxy groups -OCH3 is 1. The number of amides is 1. The van der Waals surface area contributed by atoms with Gasteiger partial charge in [-0.05, 0) is 30.3 Å². The molecular weight excluding hydrogens is 414 g/mol. The van der Waals surface area contributed by atoms with E-state index in [4.69, 9.17) is 9.47 Å². The number of carbonyl (C=O) groups is 2. The third kappa shape index (κ3) is 3.86. The second-order valence-corrected chi connectivity index (χ2v) is 8.39. The fourth-order valence-electron chi connectivity index (χ4n) is 4.36. The number of nitro benzene ring substituents is 1. The monoisotopic (exact) mass is 439 g/mol. The molecule has 168 valence electrons. The zero-order valence-corrected chi connectivity index (χ0v) is 18.3. The lowest BCUT2D eigenvalue weighted by molar-refractivity contribution is -0.384. The van der Waals surface area contributed by atoms with E-state index >= 15 is 0 Å². The molecule has 1 fully saturated rings. The van der Waals surface area contributed by atoms with Crippen molar-refractivity contribution in [1.29, 1.82) is 0 Å². The van der Waals surface area contributed by atoms with Crippen LogP contribution in [0.15, 0.2) is 36.4 Å². The molecule has 0 N–H and O–H groups in total. The number of carbonyl (C=O) groups excluding carboxylic acids is 2. The maximum atomic E-state index is 13.0. The molecule has 1 amide bonds. The van der Waals surface area contributed by atoms with Crippen molar-refractivity contribution in [2.45, 2.75) is 24.9 Å². The van der Waals surface area contributed by atoms with Gasteiger partial charge in [0.05, 0.1) is 24.0 Å². The van der Waals surface area contributed by atoms with E-state index in [9.17, 15) is 19.7 Å². The van der Waals surface area contributed by atoms with Gasteiger partial charge in [-0.1, -0.05) is 0 Å². The Hall–Kier alpha value is -3.62. The molecule has 2 aliphatic heterocycles. The van der Waals surface area contributed by atoms with Crippen LogP contribution in [0, 0.1) is 10.1 Å². The van der Waals surface area contributed by atoms with Gasteiger partial charge in [-0.25, -0.2) is 0 Å². The highest BCUT2D eigenvalue weighted by atomic mass is 16.6. The van der Waals surface area contributed by atoms with Gasteiger partial charge in [-0.15, -0.1) is 0 Å². The maximum Gasteiger partial charge on any atom is 0.293 e. The van der Waals surface area contributed by atoms with E-state index in [1.807, 2.05) is 0 Å². The van der Waals surface area contributed by atoms with Crippen LogP contribution in [0.4, 0.5) is 11.4 Å². The second-order valence-electron chi connectivity index (χ2n) is 8.39. The van der Waals surface area contributed by atoms with Crippen LogP contribution in [-0.2, 0) is 0 Å². The Morgan fingerprint density at radius 3 is 2.53 bits per heavy atom. The molecule has 9 nitrogen and oxygen atoms in total. The van der Waals surface area contributed by atoms with Crippen LogP contribution in [0.3, 0.4) is 0 Å². The van der Waals surface area contributed by atoms with Crippen molar-refractivity contribution in [3.05, 3.63) is 57.6 Å². The van der Waals surface area contributed by atoms with E-state index in [2.05, 4.69) is 0 Å². The summed E-state index contributed by atoms with van der Waals surface area (Å²) in [6.07, 6.45) is 1.26. The van der Waals surface area contributed by atoms with Gasteiger partial charge in [0.25, 0.3) is 11.6 Å². The molecule has 1 saturated heterocycles. The highest BCUT2D eigenvalue weighted by Crippen LogP contribution is 2.41. The van der Waals surface area contributed by atoms with Crippen molar-refractivity contribution in [2.24, 2.45) is 0 Å². The summed E-state index contributed by atoms with van der Waals surface area (Å²) in [4.78, 5) is 40.1. The number of benzene rings is 2. The minimum absolute atomic E-state index is 0.000162. The fourth-order valence-corrected chi connectivity index (χ4v) is 4.36. The van der Waals surface area contributed by atoms with Gasteiger partial charge in [0, 0.05) is 51.7 Å². The summed E-state index contributed by atoms with van der Waals surface area (Å²) in [5.41, 5.74) is 0.477. The first-order valence-corrected chi connectivity index (χ1v) is 10.4. The summed E-state index contributed by atoms with van der Waals surface area (Å²) in [6.45, 7) is 0.807. The summed E-state index contributed by atoms with van der Waals surface area (Å²) in [7, 11) is 4.98. The molecule has 2 aliphatic rings. The average molecular weight is 439 g/mol. The number of nitro groups is 1. The number of hydrogen-bond acceptors (Lipinski definition) is 7. The SMILES string of the molecule is COc1ccc2c(c1)C(=O)CC1(CCN(C(=O)c3ccc(N(C)C)c([N+](=O)[O-])c3)CC1)O2. The topological polar surface area (TPSA) is 102 Å². The molecule has 0 atom stereocenters. The molecule has 0 aromatic heterocycles. The standard InChI is InChI=1S/C23H25N3O6/c1-24(2)18-6-4-15(12-19(18)26(29)30)22(28)25-10-8-23(9-11-25)14-20(27)17-13-16(31-3)5-7-21(17)32-23/h4-7,12-13H,8-11,14H2,1-3H3. The molecule has 32 heavy (non-hydrogen) atoms. The number of nitrogens with zero attached hydrogens (tertiary/aromatic N) is 3. The van der Waals surface area contributed by atoms with E-state index < -0.39 is 10.5 Å². The minimum atomic E-state index is -0.643. The summed E-state index contributed by atoms with van der Waals surface area (Å²) in [6, 6.07) is 9.72. The van der Waals surface area contributed by atoms with Crippen LogP contribution in [0.25, 0.3) is 0 Å². The third-order valence-electron chi connectivity index (χ3n) is 6.16. The van der Waals surface area contributed by atoms with E-state index in [-0.39, 0.29) is 29.4 Å². The molecule has 0 bridgehead atoms. The molecule has 2 aromatic rings. The largest absolute Gasteiger partial charge is 0.497 e. The van der Waals surface area contributed by atoms with Crippen molar-refractivity contribution in [1.82, 2.24) is 4.90 Å². The van der Waals surface area contributed by atoms with Crippen LogP contribution in [0.5, 0.6) is 11.5 Å². The van der Waals surface area contributed by atoms with E-state index in [1.54, 1.807) is 61.3 Å². The Morgan fingerprint density at radius 2 is 1.91 bits per heavy atom. The molecule has 0 saturated carbocycles. The molecular formula is C23H25N3O6. The fraction of sp³-hybridized carbons (Fsp3) is 0.391. The molecule has 2 aromatic carbocycles. The Balaban J connectivity index is 1.49. The van der Waals surface area contributed by atoms with Gasteiger partial charge in [-0.2, -0.15) is 0 Å². The van der Waals surface area contributed by atoms with Gasteiger partial charge < -0.3 is 19.3 Å². The lowest BCUT2D eigenvalue weighted by atomic mass is 9.82. The predicted octanol–water partition coefficient (Wildman–Crippen LogP) is 3.31. The molecule has 0 aliphatic carbocycles. The van der Waals surface area contributed by atoms with Crippen LogP contribution in [0.2, 0.25) is 0 Å². The summed E-state index contributed by atoms with van der Waals surface area (Å²) >= 11 is 0. The highest BCUT2D eigenvalue weighted by Gasteiger charge is 2.44. The van der Waals surface area contributed by atoms with Crippen LogP contribution in [-0.4, -0.2) is 61.4 Å². The third-order valence-corrected chi connectivity index (χ3v) is 6.16. The first-order chi connectivity index (χ1) is 15.2. The molecule has 1 spiro atoms. The van der Waals surface area contributed by atoms with Crippen molar-refractivity contribution in [3.8, 4) is 11.5 Å². The zero-order valence-electron chi connectivity index (χ0n) is 18.3. The van der Waals surface area contributed by atoms with Gasteiger partial charge in [-0.3, -0.25) is 19.7 Å². The zero-order chi connectivity index (χ0) is 23.0. The smallest absolute Gasteiger partial charge is 0.293 e. The number of ketones is 1. The van der Waals surface area contributed by atoms with Crippen molar-refractivity contribution < 1.29 is 24.0 Å². The number of ether oxygens (including phenoxy) is 2. The summed E-state index contributed by atoms with van der Waals surface area (Å²) < 4.78 is 11.4. The molecule has 2 heterocycles. The first kappa shape index (κ1) is 21.6. The number of piperidine rings is 1. The lowest BCUT2D eigenvalue weighted by Gasteiger charge is -2.44. The lowest BCUT2D eigenvalue weighted by Crippen LogP contribution is -2.52. The van der Waals surface area contributed by atoms with Gasteiger partial charge in [0.15, 0.2) is 5.78 Å². The van der Waals surface area contributed by atoms with Gasteiger partial charge >= 0.3 is 0 Å². The average Bonchev–Trinajstić information content (AvgIpc) is 2.78. The Morgan fingerprint density at radius 1 is 1.19 bits per heavy atom. The molecule has 0 radical (unpaired) electrons. The van der Waals surface area contributed by atoms with Crippen molar-refractivity contribution >= 4 is 23.1 Å². The number of hydrogen-bond donors (Lipinski definition) is 0. The number of fused-ring (bicyclic) bond motifs is 1. The highest BCUT2D eigenvalue weighted by molar-refractivity contribution is 6.01. The van der Waals surface area contributed by atoms with E-state index in [0.717, 1.165) is 0 Å². The normalized spacial score (nSPS) is 16.8. The minimum Gasteiger partial charge on any atom is -0.497 e. The van der Waals surface area contributed by atoms with E-state index in [0.29, 0.717) is 48.7 Å². The van der Waals surface area contributed by atoms with Gasteiger partial charge in [0.1, 0.15) is 22.8 Å². The van der Waals surface area contributed by atoms with Crippen LogP contribution >= 0.6 is 0 Å². The van der Waals surface area contributed by atoms with Crippen LogP contribution in [0.1, 0.15) is 40.0 Å². The van der Waals surface area contributed by atoms with E-state index in [1.165, 1.54) is 6.07 Å². The number of Topliss-reactive ketones (excluding diaryl/α,β-unsaturated/α-hetero) is 1. The quantitative estimate of drug-likeness (QED) is 0.532. The number of anilines is 1. The Labute approximate surface area is 185 Å². The van der Waals surface area contributed by atoms with Crippen molar-refractivity contribution in [3.63, 3.8) is 0 Å². The Kier molecular flexibility index (Phi) is 5.50. The second kappa shape index (κ2) is 8.14. The van der Waals surface area contributed by atoms with Crippen LogP contribution < -0.4 is 14.4 Å². The number of rotatable bonds is 4. The molecule has 4 rings (SSSR count). The van der Waals surface area contributed by atoms with Crippen molar-refractivity contribution in [2.75, 3.05) is 39.2 Å². The molecule has 9 heteroatoms. The first-order valence-electron chi connectivity index (χ1n) is 10.4. The Bertz CT molecular complexity index is 1090. The van der Waals surface area contributed by atoms with Gasteiger partial charge in [0.2, 0.25) is 0 Å². The number of likely N-dealkylation sites (tertiary alicyclic amines) is 1. The molecule has 0 unspecified atom stereocenters.